The number of thioether (sulfide) groups is 1. The first-order valence-corrected chi connectivity index (χ1v) is 9.83. The Kier molecular flexibility index (Phi) is 6.78. The standard InChI is InChI=1S/C20H23N5O2S/c1-14-4-6-17(7-5-14)22-19(26)15(2)28-20-24-23-18(25(20)12-13-27-3)16-8-10-21-11-9-16/h4-11,15H,12-13H2,1-3H3,(H,22,26)/t15-/m1/s1. The molecule has 0 radical (unpaired) electrons. The molecule has 3 rings (SSSR count). The summed E-state index contributed by atoms with van der Waals surface area (Å²) in [4.78, 5) is 16.6. The van der Waals surface area contributed by atoms with Gasteiger partial charge in [0.15, 0.2) is 11.0 Å². The van der Waals surface area contributed by atoms with Crippen molar-refractivity contribution >= 4 is 23.4 Å². The number of anilines is 1. The Hall–Kier alpha value is -2.71. The number of amides is 1. The summed E-state index contributed by atoms with van der Waals surface area (Å²) in [6.45, 7) is 4.98. The second-order valence-electron chi connectivity index (χ2n) is 6.30. The fourth-order valence-corrected chi connectivity index (χ4v) is 3.44. The number of rotatable bonds is 8. The number of pyridine rings is 1. The minimum Gasteiger partial charge on any atom is -0.383 e. The van der Waals surface area contributed by atoms with E-state index in [4.69, 9.17) is 4.74 Å². The predicted molar refractivity (Wildman–Crippen MR) is 110 cm³/mol. The normalized spacial score (nSPS) is 12.0. The molecular formula is C20H23N5O2S. The first-order valence-electron chi connectivity index (χ1n) is 8.95. The van der Waals surface area contributed by atoms with Gasteiger partial charge >= 0.3 is 0 Å². The zero-order valence-corrected chi connectivity index (χ0v) is 16.9. The molecule has 7 nitrogen and oxygen atoms in total. The highest BCUT2D eigenvalue weighted by Gasteiger charge is 2.21. The summed E-state index contributed by atoms with van der Waals surface area (Å²) in [5, 5.41) is 11.9. The largest absolute Gasteiger partial charge is 0.383 e. The van der Waals surface area contributed by atoms with Gasteiger partial charge in [0.25, 0.3) is 0 Å². The molecule has 0 saturated carbocycles. The molecule has 2 heterocycles. The number of hydrogen-bond acceptors (Lipinski definition) is 6. The Labute approximate surface area is 168 Å². The lowest BCUT2D eigenvalue weighted by atomic mass is 10.2. The molecule has 0 fully saturated rings. The van der Waals surface area contributed by atoms with Gasteiger partial charge in [0, 0.05) is 30.8 Å². The van der Waals surface area contributed by atoms with Gasteiger partial charge in [-0.05, 0) is 38.1 Å². The van der Waals surface area contributed by atoms with Crippen LogP contribution in [0.1, 0.15) is 12.5 Å². The summed E-state index contributed by atoms with van der Waals surface area (Å²) < 4.78 is 7.20. The average molecular weight is 398 g/mol. The van der Waals surface area contributed by atoms with Crippen molar-refractivity contribution in [2.24, 2.45) is 0 Å². The molecule has 0 spiro atoms. The predicted octanol–water partition coefficient (Wildman–Crippen LogP) is 3.41. The van der Waals surface area contributed by atoms with Crippen molar-refractivity contribution in [3.63, 3.8) is 0 Å². The molecule has 8 heteroatoms. The third-order valence-electron chi connectivity index (χ3n) is 4.14. The minimum absolute atomic E-state index is 0.0828. The molecule has 0 bridgehead atoms. The van der Waals surface area contributed by atoms with Crippen LogP contribution in [0.25, 0.3) is 11.4 Å². The average Bonchev–Trinajstić information content (AvgIpc) is 3.11. The van der Waals surface area contributed by atoms with E-state index in [1.165, 1.54) is 11.8 Å². The van der Waals surface area contributed by atoms with Crippen LogP contribution in [0.4, 0.5) is 5.69 Å². The smallest absolute Gasteiger partial charge is 0.237 e. The summed E-state index contributed by atoms with van der Waals surface area (Å²) in [6, 6.07) is 11.5. The summed E-state index contributed by atoms with van der Waals surface area (Å²) in [7, 11) is 1.65. The van der Waals surface area contributed by atoms with Crippen molar-refractivity contribution in [2.45, 2.75) is 30.8 Å². The number of aryl methyl sites for hydroxylation is 1. The highest BCUT2D eigenvalue weighted by molar-refractivity contribution is 8.00. The number of carbonyl (C=O) groups excluding carboxylic acids is 1. The quantitative estimate of drug-likeness (QED) is 0.587. The zero-order valence-electron chi connectivity index (χ0n) is 16.1. The SMILES string of the molecule is COCCn1c(S[C@H](C)C(=O)Nc2ccc(C)cc2)nnc1-c1ccncc1. The Morgan fingerprint density at radius 1 is 1.18 bits per heavy atom. The molecule has 0 unspecified atom stereocenters. The van der Waals surface area contributed by atoms with Crippen LogP contribution in [0.15, 0.2) is 53.9 Å². The molecule has 1 aromatic carbocycles. The highest BCUT2D eigenvalue weighted by atomic mass is 32.2. The molecule has 1 atom stereocenters. The molecule has 0 saturated heterocycles. The van der Waals surface area contributed by atoms with Crippen molar-refractivity contribution in [3.8, 4) is 11.4 Å². The van der Waals surface area contributed by atoms with E-state index < -0.39 is 0 Å². The first-order chi connectivity index (χ1) is 13.6. The summed E-state index contributed by atoms with van der Waals surface area (Å²) in [5.41, 5.74) is 2.85. The first kappa shape index (κ1) is 20.0. The van der Waals surface area contributed by atoms with Crippen molar-refractivity contribution in [3.05, 3.63) is 54.4 Å². The maximum absolute atomic E-state index is 12.6. The van der Waals surface area contributed by atoms with E-state index in [2.05, 4.69) is 20.5 Å². The lowest BCUT2D eigenvalue weighted by molar-refractivity contribution is -0.115. The molecule has 28 heavy (non-hydrogen) atoms. The minimum atomic E-state index is -0.336. The molecular weight excluding hydrogens is 374 g/mol. The van der Waals surface area contributed by atoms with Gasteiger partial charge in [0.05, 0.1) is 18.4 Å². The zero-order chi connectivity index (χ0) is 19.9. The fourth-order valence-electron chi connectivity index (χ4n) is 2.57. The van der Waals surface area contributed by atoms with Crippen LogP contribution in [-0.2, 0) is 16.1 Å². The van der Waals surface area contributed by atoms with E-state index in [1.54, 1.807) is 19.5 Å². The van der Waals surface area contributed by atoms with Gasteiger partial charge in [-0.3, -0.25) is 14.3 Å². The van der Waals surface area contributed by atoms with Gasteiger partial charge in [-0.25, -0.2) is 0 Å². The van der Waals surface area contributed by atoms with E-state index in [-0.39, 0.29) is 11.2 Å². The lowest BCUT2D eigenvalue weighted by Crippen LogP contribution is -2.23. The topological polar surface area (TPSA) is 81.9 Å². The number of methoxy groups -OCH3 is 1. The Balaban J connectivity index is 1.75. The van der Waals surface area contributed by atoms with Crippen LogP contribution in [0.2, 0.25) is 0 Å². The van der Waals surface area contributed by atoms with Crippen LogP contribution in [-0.4, -0.2) is 44.6 Å². The Morgan fingerprint density at radius 2 is 1.89 bits per heavy atom. The highest BCUT2D eigenvalue weighted by Crippen LogP contribution is 2.27. The van der Waals surface area contributed by atoms with Gasteiger partial charge in [0.2, 0.25) is 5.91 Å². The van der Waals surface area contributed by atoms with E-state index >= 15 is 0 Å². The maximum atomic E-state index is 12.6. The van der Waals surface area contributed by atoms with Crippen molar-refractivity contribution in [1.29, 1.82) is 0 Å². The number of ether oxygens (including phenoxy) is 1. The summed E-state index contributed by atoms with van der Waals surface area (Å²) in [6.07, 6.45) is 3.43. The third-order valence-corrected chi connectivity index (χ3v) is 5.23. The second-order valence-corrected chi connectivity index (χ2v) is 7.61. The van der Waals surface area contributed by atoms with Crippen LogP contribution in [0.5, 0.6) is 0 Å². The van der Waals surface area contributed by atoms with Crippen molar-refractivity contribution < 1.29 is 9.53 Å². The van der Waals surface area contributed by atoms with Crippen molar-refractivity contribution in [2.75, 3.05) is 19.0 Å². The molecule has 0 aliphatic heterocycles. The van der Waals surface area contributed by atoms with Gasteiger partial charge in [-0.15, -0.1) is 10.2 Å². The molecule has 0 aliphatic carbocycles. The summed E-state index contributed by atoms with van der Waals surface area (Å²) >= 11 is 1.37. The van der Waals surface area contributed by atoms with E-state index in [1.807, 2.05) is 54.8 Å². The van der Waals surface area contributed by atoms with Crippen LogP contribution in [0, 0.1) is 6.92 Å². The molecule has 2 aromatic heterocycles. The molecule has 1 N–H and O–H groups in total. The Bertz CT molecular complexity index is 912. The van der Waals surface area contributed by atoms with Gasteiger partial charge < -0.3 is 10.1 Å². The monoisotopic (exact) mass is 397 g/mol. The number of nitrogens with one attached hydrogen (secondary N) is 1. The van der Waals surface area contributed by atoms with Gasteiger partial charge in [-0.1, -0.05) is 29.5 Å². The number of nitrogens with zero attached hydrogens (tertiary/aromatic N) is 4. The van der Waals surface area contributed by atoms with E-state index in [0.717, 1.165) is 22.6 Å². The maximum Gasteiger partial charge on any atom is 0.237 e. The number of hydrogen-bond donors (Lipinski definition) is 1. The number of aromatic nitrogens is 4. The van der Waals surface area contributed by atoms with Crippen LogP contribution >= 0.6 is 11.8 Å². The molecule has 146 valence electrons. The van der Waals surface area contributed by atoms with Gasteiger partial charge in [-0.2, -0.15) is 0 Å². The Morgan fingerprint density at radius 3 is 2.57 bits per heavy atom. The van der Waals surface area contributed by atoms with E-state index in [9.17, 15) is 4.79 Å². The number of benzene rings is 1. The number of carbonyl (C=O) groups is 1. The molecule has 1 amide bonds. The molecule has 0 aliphatic rings. The van der Waals surface area contributed by atoms with Crippen molar-refractivity contribution in [1.82, 2.24) is 19.7 Å². The lowest BCUT2D eigenvalue weighted by Gasteiger charge is -2.14. The molecule has 3 aromatic rings. The van der Waals surface area contributed by atoms with Crippen LogP contribution in [0.3, 0.4) is 0 Å². The fraction of sp³-hybridized carbons (Fsp3) is 0.300. The van der Waals surface area contributed by atoms with E-state index in [0.29, 0.717) is 18.3 Å². The summed E-state index contributed by atoms with van der Waals surface area (Å²) in [5.74, 6) is 0.647. The third kappa shape index (κ3) is 4.96. The van der Waals surface area contributed by atoms with Gasteiger partial charge in [0.1, 0.15) is 0 Å². The second kappa shape index (κ2) is 9.48. The van der Waals surface area contributed by atoms with Crippen LogP contribution < -0.4 is 5.32 Å².